The van der Waals surface area contributed by atoms with Crippen LogP contribution in [0.1, 0.15) is 12.5 Å². The van der Waals surface area contributed by atoms with Crippen LogP contribution in [0.2, 0.25) is 0 Å². The molecule has 0 saturated heterocycles. The molecule has 17 heavy (non-hydrogen) atoms. The van der Waals surface area contributed by atoms with Crippen molar-refractivity contribution in [2.45, 2.75) is 13.5 Å². The van der Waals surface area contributed by atoms with Crippen LogP contribution in [0.4, 0.5) is 0 Å². The van der Waals surface area contributed by atoms with Crippen molar-refractivity contribution in [2.75, 3.05) is 7.11 Å². The number of nitrogens with zero attached hydrogens (tertiary/aromatic N) is 1. The lowest BCUT2D eigenvalue weighted by Gasteiger charge is -2.04. The van der Waals surface area contributed by atoms with Gasteiger partial charge in [0, 0.05) is 6.92 Å². The first kappa shape index (κ1) is 12.9. The molecule has 0 aromatic heterocycles. The minimum absolute atomic E-state index is 0.0929. The van der Waals surface area contributed by atoms with Crippen LogP contribution in [-0.2, 0) is 25.8 Å². The van der Waals surface area contributed by atoms with Crippen LogP contribution >= 0.6 is 0 Å². The molecule has 90 valence electrons. The fraction of sp³-hybridized carbons (Fsp3) is 0.250. The highest BCUT2D eigenvalue weighted by Gasteiger charge is 2.19. The Hall–Kier alpha value is -2.17. The minimum atomic E-state index is -0.789. The third-order valence-electron chi connectivity index (χ3n) is 1.92. The summed E-state index contributed by atoms with van der Waals surface area (Å²) in [5, 5.41) is 3.33. The molecule has 0 amide bonds. The smallest absolute Gasteiger partial charge is 0.364 e. The number of hydrogen-bond donors (Lipinski definition) is 0. The van der Waals surface area contributed by atoms with Crippen LogP contribution in [-0.4, -0.2) is 24.6 Å². The van der Waals surface area contributed by atoms with Crippen molar-refractivity contribution in [1.82, 2.24) is 0 Å². The highest BCUT2D eigenvalue weighted by Crippen LogP contribution is 2.01. The maximum atomic E-state index is 11.5. The van der Waals surface area contributed by atoms with Gasteiger partial charge in [0.25, 0.3) is 0 Å². The van der Waals surface area contributed by atoms with E-state index in [2.05, 4.69) is 9.99 Å². The third-order valence-corrected chi connectivity index (χ3v) is 1.92. The van der Waals surface area contributed by atoms with E-state index in [-0.39, 0.29) is 12.3 Å². The quantitative estimate of drug-likeness (QED) is 0.334. The van der Waals surface area contributed by atoms with E-state index in [0.717, 1.165) is 5.56 Å². The predicted octanol–water partition coefficient (Wildman–Crippen LogP) is 1.32. The van der Waals surface area contributed by atoms with E-state index in [0.29, 0.717) is 0 Å². The van der Waals surface area contributed by atoms with Crippen molar-refractivity contribution >= 4 is 17.5 Å². The average molecular weight is 235 g/mol. The van der Waals surface area contributed by atoms with Gasteiger partial charge in [-0.15, -0.1) is 0 Å². The van der Waals surface area contributed by atoms with E-state index >= 15 is 0 Å². The molecule has 1 aromatic rings. The number of carbonyl (C=O) groups is 2. The summed E-state index contributed by atoms with van der Waals surface area (Å²) in [5.74, 6) is -1.28. The largest absolute Gasteiger partial charge is 0.456 e. The normalized spacial score (nSPS) is 10.8. The average Bonchev–Trinajstić information content (AvgIpc) is 2.34. The first-order chi connectivity index (χ1) is 8.15. The summed E-state index contributed by atoms with van der Waals surface area (Å²) in [7, 11) is 1.26. The topological polar surface area (TPSA) is 65.0 Å². The van der Waals surface area contributed by atoms with E-state index in [4.69, 9.17) is 4.74 Å². The second-order valence-electron chi connectivity index (χ2n) is 3.24. The Morgan fingerprint density at radius 3 is 2.41 bits per heavy atom. The number of esters is 1. The predicted molar refractivity (Wildman–Crippen MR) is 61.4 cm³/mol. The lowest BCUT2D eigenvalue weighted by atomic mass is 10.2. The third kappa shape index (κ3) is 4.06. The second kappa shape index (κ2) is 6.42. The Morgan fingerprint density at radius 1 is 1.24 bits per heavy atom. The Kier molecular flexibility index (Phi) is 4.87. The van der Waals surface area contributed by atoms with Crippen molar-refractivity contribution in [3.05, 3.63) is 35.9 Å². The molecular formula is C12H13NO4. The number of hydrogen-bond acceptors (Lipinski definition) is 5. The van der Waals surface area contributed by atoms with Crippen LogP contribution in [0, 0.1) is 0 Å². The molecular weight excluding hydrogens is 222 g/mol. The summed E-state index contributed by atoms with van der Waals surface area (Å²) in [6, 6.07) is 9.15. The molecule has 0 N–H and O–H groups in total. The molecule has 0 bridgehead atoms. The first-order valence-electron chi connectivity index (χ1n) is 4.98. The van der Waals surface area contributed by atoms with E-state index in [1.807, 2.05) is 30.3 Å². The SMILES string of the molecule is CON=C(C(C)=O)C(=O)OCc1ccccc1. The van der Waals surface area contributed by atoms with Gasteiger partial charge in [0.2, 0.25) is 5.71 Å². The molecule has 1 aromatic carbocycles. The Labute approximate surface area is 99.0 Å². The molecule has 1 rings (SSSR count). The Morgan fingerprint density at radius 2 is 1.88 bits per heavy atom. The number of ketones is 1. The van der Waals surface area contributed by atoms with Gasteiger partial charge in [0.1, 0.15) is 13.7 Å². The van der Waals surface area contributed by atoms with Crippen molar-refractivity contribution in [3.8, 4) is 0 Å². The maximum absolute atomic E-state index is 11.5. The van der Waals surface area contributed by atoms with Gasteiger partial charge in [-0.2, -0.15) is 0 Å². The van der Waals surface area contributed by atoms with E-state index in [1.54, 1.807) is 0 Å². The summed E-state index contributed by atoms with van der Waals surface area (Å²) in [6.07, 6.45) is 0. The molecule has 0 atom stereocenters. The first-order valence-corrected chi connectivity index (χ1v) is 4.98. The van der Waals surface area contributed by atoms with Crippen molar-refractivity contribution in [3.63, 3.8) is 0 Å². The molecule has 0 radical (unpaired) electrons. The zero-order chi connectivity index (χ0) is 12.7. The lowest BCUT2D eigenvalue weighted by Crippen LogP contribution is -2.24. The van der Waals surface area contributed by atoms with Gasteiger partial charge >= 0.3 is 5.97 Å². The monoisotopic (exact) mass is 235 g/mol. The molecule has 0 heterocycles. The fourth-order valence-corrected chi connectivity index (χ4v) is 1.13. The van der Waals surface area contributed by atoms with Crippen molar-refractivity contribution < 1.29 is 19.2 Å². The van der Waals surface area contributed by atoms with Gasteiger partial charge in [-0.05, 0) is 5.56 Å². The lowest BCUT2D eigenvalue weighted by molar-refractivity contribution is -0.137. The Balaban J connectivity index is 2.60. The van der Waals surface area contributed by atoms with Crippen LogP contribution < -0.4 is 0 Å². The Bertz CT molecular complexity index is 425. The summed E-state index contributed by atoms with van der Waals surface area (Å²) >= 11 is 0. The number of rotatable bonds is 5. The number of ether oxygens (including phenoxy) is 1. The van der Waals surface area contributed by atoms with Gasteiger partial charge < -0.3 is 9.57 Å². The standard InChI is InChI=1S/C12H13NO4/c1-9(14)11(13-16-2)12(15)17-8-10-6-4-3-5-7-10/h3-7H,8H2,1-2H3. The van der Waals surface area contributed by atoms with Gasteiger partial charge in [-0.1, -0.05) is 35.5 Å². The summed E-state index contributed by atoms with van der Waals surface area (Å²) in [6.45, 7) is 1.32. The summed E-state index contributed by atoms with van der Waals surface area (Å²) < 4.78 is 4.93. The van der Waals surface area contributed by atoms with E-state index in [9.17, 15) is 9.59 Å². The molecule has 0 unspecified atom stereocenters. The van der Waals surface area contributed by atoms with Crippen LogP contribution in [0.5, 0.6) is 0 Å². The van der Waals surface area contributed by atoms with Crippen molar-refractivity contribution in [1.29, 1.82) is 0 Å². The zero-order valence-electron chi connectivity index (χ0n) is 9.67. The molecule has 5 nitrogen and oxygen atoms in total. The van der Waals surface area contributed by atoms with Gasteiger partial charge in [0.05, 0.1) is 0 Å². The minimum Gasteiger partial charge on any atom is -0.456 e. The fourth-order valence-electron chi connectivity index (χ4n) is 1.13. The van der Waals surface area contributed by atoms with Crippen LogP contribution in [0.3, 0.4) is 0 Å². The second-order valence-corrected chi connectivity index (χ2v) is 3.24. The van der Waals surface area contributed by atoms with Gasteiger partial charge in [0.15, 0.2) is 5.78 Å². The van der Waals surface area contributed by atoms with Gasteiger partial charge in [-0.25, -0.2) is 4.79 Å². The zero-order valence-corrected chi connectivity index (χ0v) is 9.67. The number of oxime groups is 1. The van der Waals surface area contributed by atoms with Crippen molar-refractivity contribution in [2.24, 2.45) is 5.16 Å². The molecule has 5 heteroatoms. The van der Waals surface area contributed by atoms with E-state index in [1.165, 1.54) is 14.0 Å². The molecule has 0 fully saturated rings. The number of benzene rings is 1. The van der Waals surface area contributed by atoms with E-state index < -0.39 is 11.8 Å². The van der Waals surface area contributed by atoms with Gasteiger partial charge in [-0.3, -0.25) is 4.79 Å². The number of carbonyl (C=O) groups excluding carboxylic acids is 2. The molecule has 0 aliphatic carbocycles. The highest BCUT2D eigenvalue weighted by molar-refractivity contribution is 6.63. The number of Topliss-reactive ketones (excluding diaryl/α,β-unsaturated/α-hetero) is 1. The summed E-state index contributed by atoms with van der Waals surface area (Å²) in [4.78, 5) is 27.0. The highest BCUT2D eigenvalue weighted by atomic mass is 16.6. The summed E-state index contributed by atoms with van der Waals surface area (Å²) in [5.41, 5.74) is 0.490. The van der Waals surface area contributed by atoms with Crippen LogP contribution in [0.25, 0.3) is 0 Å². The molecule has 0 spiro atoms. The molecule has 0 aliphatic heterocycles. The maximum Gasteiger partial charge on any atom is 0.364 e. The molecule has 0 saturated carbocycles. The van der Waals surface area contributed by atoms with Crippen LogP contribution in [0.15, 0.2) is 35.5 Å². The molecule has 0 aliphatic rings.